The third kappa shape index (κ3) is 10.5. The van der Waals surface area contributed by atoms with Crippen LogP contribution in [0.2, 0.25) is 0 Å². The summed E-state index contributed by atoms with van der Waals surface area (Å²) < 4.78 is 5.06. The molecule has 0 fully saturated rings. The minimum atomic E-state index is -1.07. The van der Waals surface area contributed by atoms with Crippen molar-refractivity contribution in [1.29, 1.82) is 0 Å². The number of nitrogens with one attached hydrogen (secondary N) is 4. The average Bonchev–Trinajstić information content (AvgIpc) is 3.13. The summed E-state index contributed by atoms with van der Waals surface area (Å²) in [5.74, 6) is -0.0488. The molecule has 0 saturated carbocycles. The van der Waals surface area contributed by atoms with E-state index in [1.54, 1.807) is 19.3 Å². The zero-order chi connectivity index (χ0) is 35.3. The Bertz CT molecular complexity index is 2100. The predicted molar refractivity (Wildman–Crippen MR) is 204 cm³/mol. The highest BCUT2D eigenvalue weighted by atomic mass is 16.5. The minimum Gasteiger partial charge on any atom is -0.477 e. The zero-order valence-electron chi connectivity index (χ0n) is 27.7. The van der Waals surface area contributed by atoms with Crippen LogP contribution in [0.3, 0.4) is 0 Å². The van der Waals surface area contributed by atoms with Gasteiger partial charge in [-0.25, -0.2) is 19.6 Å². The van der Waals surface area contributed by atoms with E-state index in [0.29, 0.717) is 48.8 Å². The fourth-order valence-electron chi connectivity index (χ4n) is 4.55. The maximum absolute atomic E-state index is 12.1. The number of ether oxygens (including phenoxy) is 1. The van der Waals surface area contributed by atoms with Crippen LogP contribution in [0.4, 0.5) is 34.9 Å². The summed E-state index contributed by atoms with van der Waals surface area (Å²) in [6, 6.07) is 15.0. The van der Waals surface area contributed by atoms with Gasteiger partial charge in [-0.3, -0.25) is 0 Å². The molecule has 16 heteroatoms. The Balaban J connectivity index is 0.000000271. The fourth-order valence-corrected chi connectivity index (χ4v) is 4.55. The predicted octanol–water partition coefficient (Wildman–Crippen LogP) is 7.12. The Hall–Kier alpha value is -6.58. The van der Waals surface area contributed by atoms with Gasteiger partial charge in [-0.05, 0) is 68.3 Å². The molecule has 5 N–H and O–H groups in total. The highest BCUT2D eigenvalue weighted by Crippen LogP contribution is 2.23. The number of esters is 1. The summed E-state index contributed by atoms with van der Waals surface area (Å²) in [5, 5.41) is 39.3. The van der Waals surface area contributed by atoms with Gasteiger partial charge in [0.2, 0.25) is 11.9 Å². The van der Waals surface area contributed by atoms with Crippen LogP contribution in [0.25, 0.3) is 21.8 Å². The van der Waals surface area contributed by atoms with E-state index in [1.165, 1.54) is 12.4 Å². The number of carboxylic acid groups (broad SMARTS) is 1. The lowest BCUT2D eigenvalue weighted by atomic mass is 10.2. The topological polar surface area (TPSA) is 215 Å². The molecule has 2 aromatic carbocycles. The SMILES string of the molecule is C.C.CCCNc1nc(Nc2ccc3nnccc3c2)ncc1C(=O)O.CCCNc1nc(Nc2ccc3nnccc3c2)ncc1C(=O)OCC. The van der Waals surface area contributed by atoms with Crippen LogP contribution < -0.4 is 21.3 Å². The van der Waals surface area contributed by atoms with Gasteiger partial charge < -0.3 is 31.1 Å². The molecule has 0 unspecified atom stereocenters. The van der Waals surface area contributed by atoms with Gasteiger partial charge in [0.1, 0.15) is 22.8 Å². The van der Waals surface area contributed by atoms with Crippen molar-refractivity contribution in [2.75, 3.05) is 41.0 Å². The van der Waals surface area contributed by atoms with Crippen LogP contribution in [-0.4, -0.2) is 77.1 Å². The smallest absolute Gasteiger partial charge is 0.343 e. The van der Waals surface area contributed by atoms with Gasteiger partial charge in [0.15, 0.2) is 0 Å². The van der Waals surface area contributed by atoms with Crippen molar-refractivity contribution < 1.29 is 19.4 Å². The fraction of sp³-hybridized carbons (Fsp3) is 0.278. The average molecular weight is 709 g/mol. The molecule has 4 heterocycles. The first-order chi connectivity index (χ1) is 24.4. The molecule has 0 atom stereocenters. The van der Waals surface area contributed by atoms with Crippen LogP contribution >= 0.6 is 0 Å². The molecule has 16 nitrogen and oxygen atoms in total. The van der Waals surface area contributed by atoms with Crippen LogP contribution in [0, 0.1) is 0 Å². The highest BCUT2D eigenvalue weighted by molar-refractivity contribution is 5.95. The summed E-state index contributed by atoms with van der Waals surface area (Å²) in [4.78, 5) is 40.3. The number of nitrogens with zero attached hydrogens (tertiary/aromatic N) is 8. The molecule has 0 spiro atoms. The first-order valence-electron chi connectivity index (χ1n) is 16.0. The lowest BCUT2D eigenvalue weighted by molar-refractivity contribution is 0.0526. The number of rotatable bonds is 13. The van der Waals surface area contributed by atoms with Gasteiger partial charge in [-0.1, -0.05) is 28.7 Å². The van der Waals surface area contributed by atoms with E-state index < -0.39 is 11.9 Å². The second kappa shape index (κ2) is 19.6. The molecule has 52 heavy (non-hydrogen) atoms. The summed E-state index contributed by atoms with van der Waals surface area (Å²) in [6.45, 7) is 7.41. The number of aromatic nitrogens is 8. The standard InChI is InChI=1S/C18H20N6O2.C16H16N6O2.2CH4/c1-3-8-19-16-14(17(25)26-4-2)11-20-18(23-16)22-13-5-6-15-12(10-13)7-9-21-24-15;1-2-6-17-14-12(15(23)24)9-18-16(21-14)20-11-3-4-13-10(8-11)5-7-19-22-13;;/h5-7,9-11H,3-4,8H2,1-2H3,(H2,19,20,22,23);3-5,7-9H,2,6H2,1H3,(H,23,24)(H2,17,18,20,21);2*1H4. The van der Waals surface area contributed by atoms with E-state index in [-0.39, 0.29) is 20.4 Å². The Kier molecular flexibility index (Phi) is 15.0. The Morgan fingerprint density at radius 3 is 1.63 bits per heavy atom. The van der Waals surface area contributed by atoms with Crippen LogP contribution in [0.1, 0.15) is 69.2 Å². The molecule has 0 aliphatic heterocycles. The monoisotopic (exact) mass is 708 g/mol. The van der Waals surface area contributed by atoms with E-state index in [4.69, 9.17) is 4.74 Å². The van der Waals surface area contributed by atoms with E-state index >= 15 is 0 Å². The number of aromatic carboxylic acids is 1. The van der Waals surface area contributed by atoms with Crippen molar-refractivity contribution in [1.82, 2.24) is 40.3 Å². The first-order valence-corrected chi connectivity index (χ1v) is 16.0. The molecular formula is C36H44N12O4. The van der Waals surface area contributed by atoms with E-state index in [1.807, 2.05) is 62.4 Å². The van der Waals surface area contributed by atoms with Crippen molar-refractivity contribution in [3.63, 3.8) is 0 Å². The number of hydrogen-bond acceptors (Lipinski definition) is 15. The van der Waals surface area contributed by atoms with Crippen molar-refractivity contribution in [2.24, 2.45) is 0 Å². The van der Waals surface area contributed by atoms with Crippen LogP contribution in [-0.2, 0) is 4.74 Å². The normalized spacial score (nSPS) is 10.1. The van der Waals surface area contributed by atoms with Crippen LogP contribution in [0.5, 0.6) is 0 Å². The molecule has 0 aliphatic rings. The summed E-state index contributed by atoms with van der Waals surface area (Å²) in [5.41, 5.74) is 3.55. The number of hydrogen-bond donors (Lipinski definition) is 5. The zero-order valence-corrected chi connectivity index (χ0v) is 27.7. The van der Waals surface area contributed by atoms with E-state index in [9.17, 15) is 14.7 Å². The minimum absolute atomic E-state index is 0. The largest absolute Gasteiger partial charge is 0.477 e. The van der Waals surface area contributed by atoms with E-state index in [2.05, 4.69) is 61.6 Å². The van der Waals surface area contributed by atoms with Gasteiger partial charge in [0.25, 0.3) is 0 Å². The highest BCUT2D eigenvalue weighted by Gasteiger charge is 2.16. The number of carboxylic acids is 1. The number of anilines is 6. The molecule has 0 bridgehead atoms. The number of fused-ring (bicyclic) bond motifs is 2. The molecule has 6 aromatic rings. The third-order valence-electron chi connectivity index (χ3n) is 6.93. The molecule has 4 aromatic heterocycles. The molecule has 0 aliphatic carbocycles. The van der Waals surface area contributed by atoms with Gasteiger partial charge in [0, 0.05) is 47.6 Å². The third-order valence-corrected chi connectivity index (χ3v) is 6.93. The summed E-state index contributed by atoms with van der Waals surface area (Å²) in [7, 11) is 0. The van der Waals surface area contributed by atoms with Crippen LogP contribution in [0.15, 0.2) is 73.3 Å². The Morgan fingerprint density at radius 1 is 0.692 bits per heavy atom. The second-order valence-electron chi connectivity index (χ2n) is 10.7. The van der Waals surface area contributed by atoms with Crippen molar-refractivity contribution >= 4 is 68.7 Å². The molecule has 6 rings (SSSR count). The maximum Gasteiger partial charge on any atom is 0.343 e. The lowest BCUT2D eigenvalue weighted by Crippen LogP contribution is -2.13. The Labute approximate surface area is 301 Å². The molecular weight excluding hydrogens is 664 g/mol. The second-order valence-corrected chi connectivity index (χ2v) is 10.7. The quantitative estimate of drug-likeness (QED) is 0.0755. The lowest BCUT2D eigenvalue weighted by Gasteiger charge is -2.12. The van der Waals surface area contributed by atoms with Gasteiger partial charge in [-0.15, -0.1) is 0 Å². The van der Waals surface area contributed by atoms with Crippen molar-refractivity contribution in [2.45, 2.75) is 48.5 Å². The Morgan fingerprint density at radius 2 is 1.17 bits per heavy atom. The van der Waals surface area contributed by atoms with Crippen molar-refractivity contribution in [3.8, 4) is 0 Å². The number of benzene rings is 2. The summed E-state index contributed by atoms with van der Waals surface area (Å²) in [6.07, 6.45) is 7.79. The maximum atomic E-state index is 12.1. The molecule has 0 saturated heterocycles. The number of carbonyl (C=O) groups excluding carboxylic acids is 1. The molecule has 0 radical (unpaired) electrons. The van der Waals surface area contributed by atoms with Crippen molar-refractivity contribution in [3.05, 3.63) is 84.4 Å². The van der Waals surface area contributed by atoms with E-state index in [0.717, 1.165) is 46.0 Å². The number of carbonyl (C=O) groups is 2. The summed E-state index contributed by atoms with van der Waals surface area (Å²) >= 11 is 0. The molecule has 272 valence electrons. The molecule has 0 amide bonds. The first kappa shape index (κ1) is 39.9. The van der Waals surface area contributed by atoms with Gasteiger partial charge >= 0.3 is 11.9 Å². The van der Waals surface area contributed by atoms with Gasteiger partial charge in [-0.2, -0.15) is 30.4 Å². The van der Waals surface area contributed by atoms with Gasteiger partial charge in [0.05, 0.1) is 30.0 Å².